The minimum atomic E-state index is -0.297. The lowest BCUT2D eigenvalue weighted by Crippen LogP contribution is -2.49. The Morgan fingerprint density at radius 2 is 2.21 bits per heavy atom. The van der Waals surface area contributed by atoms with Crippen molar-refractivity contribution >= 4 is 0 Å². The number of aliphatic hydroxyl groups is 1. The van der Waals surface area contributed by atoms with Crippen LogP contribution in [-0.2, 0) is 12.0 Å². The summed E-state index contributed by atoms with van der Waals surface area (Å²) in [6, 6.07) is 5.01. The van der Waals surface area contributed by atoms with Gasteiger partial charge in [0, 0.05) is 19.6 Å². The monoisotopic (exact) mass is 264 g/mol. The lowest BCUT2D eigenvalue weighted by atomic mass is 9.90. The molecule has 3 nitrogen and oxygen atoms in total. The van der Waals surface area contributed by atoms with E-state index in [-0.39, 0.29) is 18.0 Å². The molecule has 4 heteroatoms. The summed E-state index contributed by atoms with van der Waals surface area (Å²) in [5.74, 6) is -0.176. The maximum Gasteiger partial charge on any atom is 0.123 e. The van der Waals surface area contributed by atoms with Gasteiger partial charge in [0.25, 0.3) is 0 Å². The molecule has 1 aromatic rings. The number of rotatable bonds is 2. The van der Waals surface area contributed by atoms with E-state index in [0.717, 1.165) is 56.6 Å². The molecule has 2 aliphatic rings. The third-order valence-corrected chi connectivity index (χ3v) is 4.58. The van der Waals surface area contributed by atoms with Crippen molar-refractivity contribution in [3.63, 3.8) is 0 Å². The van der Waals surface area contributed by atoms with Crippen LogP contribution < -0.4 is 5.32 Å². The molecule has 2 N–H and O–H groups in total. The lowest BCUT2D eigenvalue weighted by Gasteiger charge is -2.40. The van der Waals surface area contributed by atoms with E-state index in [1.54, 1.807) is 6.07 Å². The van der Waals surface area contributed by atoms with Gasteiger partial charge in [-0.2, -0.15) is 0 Å². The fourth-order valence-corrected chi connectivity index (χ4v) is 3.57. The molecule has 0 radical (unpaired) electrons. The van der Waals surface area contributed by atoms with Crippen LogP contribution in [0.5, 0.6) is 0 Å². The smallest absolute Gasteiger partial charge is 0.123 e. The van der Waals surface area contributed by atoms with Gasteiger partial charge in [-0.25, -0.2) is 4.39 Å². The van der Waals surface area contributed by atoms with Gasteiger partial charge in [0.15, 0.2) is 0 Å². The van der Waals surface area contributed by atoms with Crippen molar-refractivity contribution in [2.24, 2.45) is 0 Å². The van der Waals surface area contributed by atoms with Crippen LogP contribution in [0.4, 0.5) is 4.39 Å². The van der Waals surface area contributed by atoms with Gasteiger partial charge in [-0.15, -0.1) is 0 Å². The molecule has 3 rings (SSSR count). The van der Waals surface area contributed by atoms with Crippen molar-refractivity contribution in [2.75, 3.05) is 32.8 Å². The molecular weight excluding hydrogens is 243 g/mol. The van der Waals surface area contributed by atoms with Gasteiger partial charge in [0.1, 0.15) is 5.82 Å². The van der Waals surface area contributed by atoms with E-state index in [1.165, 1.54) is 6.07 Å². The molecule has 1 heterocycles. The zero-order chi connectivity index (χ0) is 13.3. The standard InChI is InChI=1S/C15H21FN2O/c16-13-2-3-14-12(10-13)4-5-15(14,11-19)18-8-1-6-17-7-9-18/h2-3,10,17,19H,1,4-9,11H2. The van der Waals surface area contributed by atoms with E-state index < -0.39 is 0 Å². The van der Waals surface area contributed by atoms with Crippen molar-refractivity contribution in [2.45, 2.75) is 24.8 Å². The van der Waals surface area contributed by atoms with Gasteiger partial charge in [-0.3, -0.25) is 4.90 Å². The number of aliphatic hydroxyl groups excluding tert-OH is 1. The first-order valence-electron chi connectivity index (χ1n) is 7.12. The molecule has 1 unspecified atom stereocenters. The summed E-state index contributed by atoms with van der Waals surface area (Å²) in [5.41, 5.74) is 1.89. The number of halogens is 1. The Kier molecular flexibility index (Phi) is 3.56. The molecule has 0 amide bonds. The van der Waals surface area contributed by atoms with Crippen LogP contribution >= 0.6 is 0 Å². The molecular formula is C15H21FN2O. The van der Waals surface area contributed by atoms with E-state index in [2.05, 4.69) is 10.2 Å². The maximum absolute atomic E-state index is 13.3. The normalized spacial score (nSPS) is 28.1. The molecule has 0 spiro atoms. The number of hydrogen-bond acceptors (Lipinski definition) is 3. The van der Waals surface area contributed by atoms with E-state index >= 15 is 0 Å². The molecule has 1 aliphatic heterocycles. The summed E-state index contributed by atoms with van der Waals surface area (Å²) in [5, 5.41) is 13.4. The Balaban J connectivity index is 1.97. The molecule has 1 fully saturated rings. The first-order valence-corrected chi connectivity index (χ1v) is 7.12. The van der Waals surface area contributed by atoms with Gasteiger partial charge in [0.2, 0.25) is 0 Å². The van der Waals surface area contributed by atoms with Crippen LogP contribution in [0.2, 0.25) is 0 Å². The van der Waals surface area contributed by atoms with Gasteiger partial charge in [-0.05, 0) is 49.1 Å². The van der Waals surface area contributed by atoms with Gasteiger partial charge < -0.3 is 10.4 Å². The van der Waals surface area contributed by atoms with E-state index in [4.69, 9.17) is 0 Å². The largest absolute Gasteiger partial charge is 0.394 e. The third-order valence-electron chi connectivity index (χ3n) is 4.58. The van der Waals surface area contributed by atoms with Gasteiger partial charge >= 0.3 is 0 Å². The average molecular weight is 264 g/mol. The zero-order valence-electron chi connectivity index (χ0n) is 11.2. The Hall–Kier alpha value is -0.970. The summed E-state index contributed by atoms with van der Waals surface area (Å²) >= 11 is 0. The summed E-state index contributed by atoms with van der Waals surface area (Å²) in [6.07, 6.45) is 2.85. The number of benzene rings is 1. The van der Waals surface area contributed by atoms with Gasteiger partial charge in [0.05, 0.1) is 12.1 Å². The Morgan fingerprint density at radius 3 is 3.05 bits per heavy atom. The Bertz CT molecular complexity index is 457. The first-order chi connectivity index (χ1) is 9.26. The zero-order valence-corrected chi connectivity index (χ0v) is 11.2. The summed E-state index contributed by atoms with van der Waals surface area (Å²) in [6.45, 7) is 4.04. The first kappa shape index (κ1) is 13.0. The average Bonchev–Trinajstić information content (AvgIpc) is 2.62. The summed E-state index contributed by atoms with van der Waals surface area (Å²) in [4.78, 5) is 2.39. The molecule has 1 saturated heterocycles. The van der Waals surface area contributed by atoms with Crippen LogP contribution in [-0.4, -0.2) is 42.8 Å². The second-order valence-electron chi connectivity index (χ2n) is 5.58. The van der Waals surface area contributed by atoms with Crippen LogP contribution in [0, 0.1) is 5.82 Å². The van der Waals surface area contributed by atoms with Crippen LogP contribution in [0.25, 0.3) is 0 Å². The van der Waals surface area contributed by atoms with Crippen molar-refractivity contribution in [1.82, 2.24) is 10.2 Å². The highest BCUT2D eigenvalue weighted by molar-refractivity contribution is 5.39. The third kappa shape index (κ3) is 2.18. The predicted octanol–water partition coefficient (Wildman–Crippen LogP) is 1.25. The van der Waals surface area contributed by atoms with E-state index in [0.29, 0.717) is 0 Å². The van der Waals surface area contributed by atoms with Crippen molar-refractivity contribution < 1.29 is 9.50 Å². The maximum atomic E-state index is 13.3. The quantitative estimate of drug-likeness (QED) is 0.844. The van der Waals surface area contributed by atoms with Gasteiger partial charge in [-0.1, -0.05) is 6.07 Å². The Morgan fingerprint density at radius 1 is 1.32 bits per heavy atom. The van der Waals surface area contributed by atoms with Crippen molar-refractivity contribution in [3.05, 3.63) is 35.1 Å². The van der Waals surface area contributed by atoms with Crippen LogP contribution in [0.3, 0.4) is 0 Å². The second kappa shape index (κ2) is 5.19. The highest BCUT2D eigenvalue weighted by Gasteiger charge is 2.43. The predicted molar refractivity (Wildman–Crippen MR) is 72.5 cm³/mol. The molecule has 104 valence electrons. The van der Waals surface area contributed by atoms with E-state index in [1.807, 2.05) is 6.07 Å². The minimum Gasteiger partial charge on any atom is -0.394 e. The van der Waals surface area contributed by atoms with Crippen LogP contribution in [0.15, 0.2) is 18.2 Å². The molecule has 0 saturated carbocycles. The highest BCUT2D eigenvalue weighted by atomic mass is 19.1. The molecule has 0 bridgehead atoms. The summed E-state index contributed by atoms with van der Waals surface area (Å²) in [7, 11) is 0. The van der Waals surface area contributed by atoms with E-state index in [9.17, 15) is 9.50 Å². The number of nitrogens with zero attached hydrogens (tertiary/aromatic N) is 1. The minimum absolute atomic E-state index is 0.117. The number of fused-ring (bicyclic) bond motifs is 1. The van der Waals surface area contributed by atoms with Crippen LogP contribution in [0.1, 0.15) is 24.0 Å². The highest BCUT2D eigenvalue weighted by Crippen LogP contribution is 2.41. The molecule has 1 aromatic carbocycles. The van der Waals surface area contributed by atoms with Crippen molar-refractivity contribution in [1.29, 1.82) is 0 Å². The molecule has 1 atom stereocenters. The lowest BCUT2D eigenvalue weighted by molar-refractivity contribution is 0.0314. The number of nitrogens with one attached hydrogen (secondary N) is 1. The molecule has 1 aliphatic carbocycles. The fraction of sp³-hybridized carbons (Fsp3) is 0.600. The fourth-order valence-electron chi connectivity index (χ4n) is 3.57. The molecule has 19 heavy (non-hydrogen) atoms. The second-order valence-corrected chi connectivity index (χ2v) is 5.58. The SMILES string of the molecule is OCC1(N2CCCNCC2)CCc2cc(F)ccc21. The summed E-state index contributed by atoms with van der Waals surface area (Å²) < 4.78 is 13.3. The molecule has 0 aromatic heterocycles. The number of hydrogen-bond donors (Lipinski definition) is 2. The topological polar surface area (TPSA) is 35.5 Å². The van der Waals surface area contributed by atoms with Crippen molar-refractivity contribution in [3.8, 4) is 0 Å². The number of aryl methyl sites for hydroxylation is 1. The Labute approximate surface area is 113 Å².